The lowest BCUT2D eigenvalue weighted by molar-refractivity contribution is -0.140. The number of aromatic nitrogens is 6. The molecule has 32 heavy (non-hydrogen) atoms. The summed E-state index contributed by atoms with van der Waals surface area (Å²) >= 11 is 0. The van der Waals surface area contributed by atoms with Crippen LogP contribution >= 0.6 is 0 Å². The number of aromatic amines is 1. The SMILES string of the molecule is COc1ncnc(C2CC2)c1-c1ccn(Cc2ccc(-c3ncc(C(F)(F)F)[nH]3)cc2)n1. The number of ether oxygens (including phenoxy) is 1. The number of alkyl halides is 3. The first kappa shape index (κ1) is 20.2. The number of rotatable bonds is 6. The van der Waals surface area contributed by atoms with Gasteiger partial charge in [0.05, 0.1) is 36.8 Å². The van der Waals surface area contributed by atoms with Gasteiger partial charge in [-0.25, -0.2) is 15.0 Å². The molecule has 0 unspecified atom stereocenters. The molecule has 0 amide bonds. The van der Waals surface area contributed by atoms with Gasteiger partial charge in [0.15, 0.2) is 0 Å². The predicted octanol–water partition coefficient (Wildman–Crippen LogP) is 4.68. The quantitative estimate of drug-likeness (QED) is 0.471. The second-order valence-corrected chi connectivity index (χ2v) is 7.66. The molecule has 1 fully saturated rings. The van der Waals surface area contributed by atoms with Crippen LogP contribution in [0.2, 0.25) is 0 Å². The minimum atomic E-state index is -4.45. The van der Waals surface area contributed by atoms with Crippen LogP contribution in [0.25, 0.3) is 22.6 Å². The number of methoxy groups -OCH3 is 1. The number of hydrogen-bond donors (Lipinski definition) is 1. The van der Waals surface area contributed by atoms with Gasteiger partial charge >= 0.3 is 6.18 Å². The van der Waals surface area contributed by atoms with E-state index in [0.717, 1.165) is 41.6 Å². The van der Waals surface area contributed by atoms with Crippen molar-refractivity contribution in [3.05, 3.63) is 66.0 Å². The van der Waals surface area contributed by atoms with E-state index in [1.165, 1.54) is 6.33 Å². The number of H-pyrrole nitrogens is 1. The zero-order valence-corrected chi connectivity index (χ0v) is 17.1. The molecule has 3 aromatic heterocycles. The summed E-state index contributed by atoms with van der Waals surface area (Å²) in [6.45, 7) is 0.501. The molecule has 4 aromatic rings. The molecule has 0 spiro atoms. The summed E-state index contributed by atoms with van der Waals surface area (Å²) < 4.78 is 45.6. The lowest BCUT2D eigenvalue weighted by atomic mass is 10.1. The number of halogens is 3. The standard InChI is InChI=1S/C22H19F3N6O/c1-32-21-18(19(14-6-7-14)27-12-28-21)16-8-9-31(30-16)11-13-2-4-15(5-3-13)20-26-10-17(29-20)22(23,24)25/h2-5,8-10,12,14H,6-7,11H2,1H3,(H,26,29). The molecule has 0 aliphatic heterocycles. The van der Waals surface area contributed by atoms with Crippen molar-refractivity contribution < 1.29 is 17.9 Å². The lowest BCUT2D eigenvalue weighted by Gasteiger charge is -2.09. The van der Waals surface area contributed by atoms with Crippen molar-refractivity contribution in [1.82, 2.24) is 29.7 Å². The first-order chi connectivity index (χ1) is 15.4. The molecule has 7 nitrogen and oxygen atoms in total. The summed E-state index contributed by atoms with van der Waals surface area (Å²) in [6, 6.07) is 9.06. The van der Waals surface area contributed by atoms with Gasteiger partial charge in [-0.05, 0) is 24.5 Å². The highest BCUT2D eigenvalue weighted by molar-refractivity contribution is 5.68. The third-order valence-electron chi connectivity index (χ3n) is 5.35. The van der Waals surface area contributed by atoms with Gasteiger partial charge in [0.1, 0.15) is 17.8 Å². The van der Waals surface area contributed by atoms with Gasteiger partial charge in [-0.2, -0.15) is 18.3 Å². The van der Waals surface area contributed by atoms with Crippen molar-refractivity contribution in [3.63, 3.8) is 0 Å². The summed E-state index contributed by atoms with van der Waals surface area (Å²) in [5.74, 6) is 1.10. The van der Waals surface area contributed by atoms with Crippen molar-refractivity contribution in [2.45, 2.75) is 31.5 Å². The van der Waals surface area contributed by atoms with E-state index in [2.05, 4.69) is 25.0 Å². The average molecular weight is 440 g/mol. The third kappa shape index (κ3) is 3.95. The van der Waals surface area contributed by atoms with Gasteiger partial charge in [0, 0.05) is 17.7 Å². The Bertz CT molecular complexity index is 1240. The highest BCUT2D eigenvalue weighted by Crippen LogP contribution is 2.45. The Morgan fingerprint density at radius 3 is 2.53 bits per heavy atom. The molecule has 1 aromatic carbocycles. The third-order valence-corrected chi connectivity index (χ3v) is 5.35. The van der Waals surface area contributed by atoms with E-state index in [1.807, 2.05) is 24.4 Å². The van der Waals surface area contributed by atoms with Crippen LogP contribution < -0.4 is 4.74 Å². The molecule has 3 heterocycles. The van der Waals surface area contributed by atoms with E-state index in [1.54, 1.807) is 23.9 Å². The molecular weight excluding hydrogens is 421 g/mol. The number of nitrogens with zero attached hydrogens (tertiary/aromatic N) is 5. The van der Waals surface area contributed by atoms with E-state index in [-0.39, 0.29) is 5.82 Å². The average Bonchev–Trinajstić information content (AvgIpc) is 3.31. The Morgan fingerprint density at radius 2 is 1.88 bits per heavy atom. The van der Waals surface area contributed by atoms with Crippen LogP contribution in [0.1, 0.15) is 35.7 Å². The summed E-state index contributed by atoms with van der Waals surface area (Å²) in [5.41, 5.74) is 3.19. The fourth-order valence-electron chi connectivity index (χ4n) is 3.59. The Hall–Kier alpha value is -3.69. The van der Waals surface area contributed by atoms with Gasteiger partial charge in [-0.1, -0.05) is 24.3 Å². The van der Waals surface area contributed by atoms with Crippen molar-refractivity contribution in [2.75, 3.05) is 7.11 Å². The van der Waals surface area contributed by atoms with Gasteiger partial charge in [0.2, 0.25) is 5.88 Å². The first-order valence-corrected chi connectivity index (χ1v) is 10.1. The Morgan fingerprint density at radius 1 is 1.09 bits per heavy atom. The topological polar surface area (TPSA) is 81.5 Å². The van der Waals surface area contributed by atoms with Gasteiger partial charge in [-0.15, -0.1) is 0 Å². The first-order valence-electron chi connectivity index (χ1n) is 10.1. The molecule has 1 N–H and O–H groups in total. The maximum absolute atomic E-state index is 12.8. The maximum Gasteiger partial charge on any atom is 0.432 e. The van der Waals surface area contributed by atoms with Gasteiger partial charge < -0.3 is 9.72 Å². The van der Waals surface area contributed by atoms with Crippen LogP contribution in [0.4, 0.5) is 13.2 Å². The summed E-state index contributed by atoms with van der Waals surface area (Å²) in [4.78, 5) is 14.8. The smallest absolute Gasteiger partial charge is 0.432 e. The molecule has 1 saturated carbocycles. The zero-order valence-electron chi connectivity index (χ0n) is 17.1. The van der Waals surface area contributed by atoms with E-state index in [9.17, 15) is 13.2 Å². The number of nitrogens with one attached hydrogen (secondary N) is 1. The summed E-state index contributed by atoms with van der Waals surface area (Å²) in [5, 5.41) is 4.68. The van der Waals surface area contributed by atoms with Crippen LogP contribution in [0.3, 0.4) is 0 Å². The maximum atomic E-state index is 12.8. The van der Waals surface area contributed by atoms with E-state index in [0.29, 0.717) is 23.9 Å². The van der Waals surface area contributed by atoms with E-state index < -0.39 is 11.9 Å². The van der Waals surface area contributed by atoms with Crippen LogP contribution in [0.15, 0.2) is 49.1 Å². The highest BCUT2D eigenvalue weighted by Gasteiger charge is 2.33. The van der Waals surface area contributed by atoms with Crippen LogP contribution in [0, 0.1) is 0 Å². The van der Waals surface area contributed by atoms with Crippen LogP contribution in [-0.4, -0.2) is 36.8 Å². The van der Waals surface area contributed by atoms with Crippen molar-refractivity contribution >= 4 is 0 Å². The molecule has 0 saturated heterocycles. The molecule has 10 heteroatoms. The molecule has 164 valence electrons. The van der Waals surface area contributed by atoms with E-state index in [4.69, 9.17) is 4.74 Å². The molecule has 0 atom stereocenters. The minimum absolute atomic E-state index is 0.175. The largest absolute Gasteiger partial charge is 0.480 e. The zero-order chi connectivity index (χ0) is 22.3. The normalized spacial score (nSPS) is 14.0. The van der Waals surface area contributed by atoms with Gasteiger partial charge in [-0.3, -0.25) is 4.68 Å². The van der Waals surface area contributed by atoms with E-state index >= 15 is 0 Å². The summed E-state index contributed by atoms with van der Waals surface area (Å²) in [7, 11) is 1.58. The lowest BCUT2D eigenvalue weighted by Crippen LogP contribution is -2.04. The molecular formula is C22H19F3N6O. The minimum Gasteiger partial charge on any atom is -0.480 e. The van der Waals surface area contributed by atoms with Crippen molar-refractivity contribution in [3.8, 4) is 28.5 Å². The number of hydrogen-bond acceptors (Lipinski definition) is 5. The summed E-state index contributed by atoms with van der Waals surface area (Å²) in [6.07, 6.45) is 1.93. The molecule has 1 aliphatic carbocycles. The molecule has 0 bridgehead atoms. The fraction of sp³-hybridized carbons (Fsp3) is 0.273. The number of imidazole rings is 1. The Balaban J connectivity index is 1.35. The number of benzene rings is 1. The molecule has 5 rings (SSSR count). The monoisotopic (exact) mass is 440 g/mol. The second kappa shape index (κ2) is 7.77. The Kier molecular flexibility index (Phi) is 4.91. The second-order valence-electron chi connectivity index (χ2n) is 7.66. The van der Waals surface area contributed by atoms with Gasteiger partial charge in [0.25, 0.3) is 0 Å². The predicted molar refractivity (Wildman–Crippen MR) is 110 cm³/mol. The van der Waals surface area contributed by atoms with Crippen molar-refractivity contribution in [1.29, 1.82) is 0 Å². The molecule has 0 radical (unpaired) electrons. The Labute approximate surface area is 181 Å². The van der Waals surface area contributed by atoms with Crippen LogP contribution in [0.5, 0.6) is 5.88 Å². The molecule has 1 aliphatic rings. The fourth-order valence-corrected chi connectivity index (χ4v) is 3.59. The highest BCUT2D eigenvalue weighted by atomic mass is 19.4. The van der Waals surface area contributed by atoms with Crippen LogP contribution in [-0.2, 0) is 12.7 Å². The van der Waals surface area contributed by atoms with Crippen molar-refractivity contribution in [2.24, 2.45) is 0 Å².